The van der Waals surface area contributed by atoms with Gasteiger partial charge in [-0.05, 0) is 91.3 Å². The second kappa shape index (κ2) is 7.70. The van der Waals surface area contributed by atoms with Crippen LogP contribution in [-0.4, -0.2) is 11.2 Å². The molecular formula is C28H44O. The molecule has 0 aromatic carbocycles. The number of aliphatic hydroxyl groups is 1. The zero-order valence-electron chi connectivity index (χ0n) is 19.7. The topological polar surface area (TPSA) is 20.2 Å². The third-order valence-corrected chi connectivity index (χ3v) is 10.0. The van der Waals surface area contributed by atoms with Crippen LogP contribution in [0.1, 0.15) is 86.5 Å². The lowest BCUT2D eigenvalue weighted by Crippen LogP contribution is -2.46. The number of fused-ring (bicyclic) bond motifs is 5. The van der Waals surface area contributed by atoms with Crippen molar-refractivity contribution in [2.45, 2.75) is 92.6 Å². The maximum absolute atomic E-state index is 10.2. The van der Waals surface area contributed by atoms with E-state index in [-0.39, 0.29) is 6.10 Å². The third-order valence-electron chi connectivity index (χ3n) is 10.0. The highest BCUT2D eigenvalue weighted by Crippen LogP contribution is 2.65. The molecule has 0 aromatic heterocycles. The summed E-state index contributed by atoms with van der Waals surface area (Å²) >= 11 is 0. The highest BCUT2D eigenvalue weighted by molar-refractivity contribution is 5.39. The highest BCUT2D eigenvalue weighted by Gasteiger charge is 2.56. The van der Waals surface area contributed by atoms with E-state index in [1.165, 1.54) is 37.7 Å². The molecule has 0 aromatic rings. The van der Waals surface area contributed by atoms with E-state index in [2.05, 4.69) is 65.8 Å². The van der Waals surface area contributed by atoms with Gasteiger partial charge in [0.2, 0.25) is 0 Å². The Hall–Kier alpha value is -0.820. The van der Waals surface area contributed by atoms with Crippen molar-refractivity contribution in [1.29, 1.82) is 0 Å². The van der Waals surface area contributed by atoms with E-state index >= 15 is 0 Å². The van der Waals surface area contributed by atoms with Crippen molar-refractivity contribution >= 4 is 0 Å². The SMILES string of the molecule is CC(C)C(C)/C=C/C(C)C1CCC2C3=CC=C4CC(O)CC[C@]4(C)C3CC[C@@]21C. The standard InChI is InChI=1S/C28H44O/c1-18(2)19(3)7-8-20(4)24-11-12-25-23-10-9-21-17-22(29)13-15-27(21,5)26(23)14-16-28(24,25)6/h7-10,18-20,22,24-26,29H,11-17H2,1-6H3/b8-7+/t19?,20?,22?,24?,25?,26?,27-,28+/m0/s1. The van der Waals surface area contributed by atoms with Gasteiger partial charge in [-0.2, -0.15) is 0 Å². The van der Waals surface area contributed by atoms with Gasteiger partial charge in [0.1, 0.15) is 0 Å². The monoisotopic (exact) mass is 396 g/mol. The van der Waals surface area contributed by atoms with Crippen LogP contribution in [0.15, 0.2) is 35.5 Å². The van der Waals surface area contributed by atoms with Gasteiger partial charge in [0.15, 0.2) is 0 Å². The average Bonchev–Trinajstić information content (AvgIpc) is 3.03. The summed E-state index contributed by atoms with van der Waals surface area (Å²) in [6.07, 6.45) is 18.4. The van der Waals surface area contributed by atoms with Crippen molar-refractivity contribution in [2.75, 3.05) is 0 Å². The molecule has 29 heavy (non-hydrogen) atoms. The number of allylic oxidation sites excluding steroid dienone is 5. The Balaban J connectivity index is 1.57. The normalized spacial score (nSPS) is 44.0. The molecule has 162 valence electrons. The average molecular weight is 397 g/mol. The Labute approximate surface area is 179 Å². The van der Waals surface area contributed by atoms with Crippen molar-refractivity contribution in [3.63, 3.8) is 0 Å². The van der Waals surface area contributed by atoms with Gasteiger partial charge in [0.25, 0.3) is 0 Å². The van der Waals surface area contributed by atoms with Crippen molar-refractivity contribution in [3.8, 4) is 0 Å². The summed E-state index contributed by atoms with van der Waals surface area (Å²) in [5.74, 6) is 4.38. The molecule has 3 saturated carbocycles. The quantitative estimate of drug-likeness (QED) is 0.493. The molecule has 0 heterocycles. The van der Waals surface area contributed by atoms with E-state index in [0.29, 0.717) is 22.7 Å². The minimum Gasteiger partial charge on any atom is -0.393 e. The lowest BCUT2D eigenvalue weighted by molar-refractivity contribution is 0.0382. The van der Waals surface area contributed by atoms with Crippen LogP contribution < -0.4 is 0 Å². The first-order valence-corrected chi connectivity index (χ1v) is 12.4. The number of hydrogen-bond donors (Lipinski definition) is 1. The summed E-state index contributed by atoms with van der Waals surface area (Å²) in [7, 11) is 0. The van der Waals surface area contributed by atoms with Gasteiger partial charge in [-0.15, -0.1) is 0 Å². The van der Waals surface area contributed by atoms with Crippen LogP contribution >= 0.6 is 0 Å². The molecule has 0 spiro atoms. The number of aliphatic hydroxyl groups excluding tert-OH is 1. The second-order valence-electron chi connectivity index (χ2n) is 11.9. The lowest BCUT2D eigenvalue weighted by atomic mass is 9.50. The van der Waals surface area contributed by atoms with E-state index in [0.717, 1.165) is 36.5 Å². The van der Waals surface area contributed by atoms with Gasteiger partial charge in [-0.1, -0.05) is 77.0 Å². The fourth-order valence-corrected chi connectivity index (χ4v) is 7.59. The zero-order valence-corrected chi connectivity index (χ0v) is 19.7. The maximum Gasteiger partial charge on any atom is 0.0578 e. The molecule has 0 amide bonds. The molecule has 3 fully saturated rings. The van der Waals surface area contributed by atoms with E-state index in [9.17, 15) is 5.11 Å². The van der Waals surface area contributed by atoms with Crippen molar-refractivity contribution in [3.05, 3.63) is 35.5 Å². The Morgan fingerprint density at radius 2 is 1.69 bits per heavy atom. The van der Waals surface area contributed by atoms with Crippen molar-refractivity contribution in [1.82, 2.24) is 0 Å². The van der Waals surface area contributed by atoms with E-state index in [1.807, 2.05) is 0 Å². The molecule has 8 atom stereocenters. The van der Waals surface area contributed by atoms with Crippen LogP contribution in [0.3, 0.4) is 0 Å². The first kappa shape index (κ1) is 21.4. The van der Waals surface area contributed by atoms with Gasteiger partial charge in [0.05, 0.1) is 6.10 Å². The van der Waals surface area contributed by atoms with Crippen molar-refractivity contribution in [2.24, 2.45) is 46.3 Å². The summed E-state index contributed by atoms with van der Waals surface area (Å²) in [4.78, 5) is 0. The minimum atomic E-state index is -0.116. The second-order valence-corrected chi connectivity index (χ2v) is 11.9. The molecule has 1 heteroatoms. The first-order valence-electron chi connectivity index (χ1n) is 12.4. The fraction of sp³-hybridized carbons (Fsp3) is 0.786. The van der Waals surface area contributed by atoms with Crippen LogP contribution in [-0.2, 0) is 0 Å². The Morgan fingerprint density at radius 1 is 0.931 bits per heavy atom. The first-order chi connectivity index (χ1) is 13.7. The summed E-state index contributed by atoms with van der Waals surface area (Å²) in [5, 5.41) is 10.2. The molecule has 1 N–H and O–H groups in total. The van der Waals surface area contributed by atoms with Crippen LogP contribution in [0.25, 0.3) is 0 Å². The van der Waals surface area contributed by atoms with E-state index in [4.69, 9.17) is 0 Å². The predicted molar refractivity (Wildman–Crippen MR) is 123 cm³/mol. The summed E-state index contributed by atoms with van der Waals surface area (Å²) < 4.78 is 0. The summed E-state index contributed by atoms with van der Waals surface area (Å²) in [6, 6.07) is 0. The highest BCUT2D eigenvalue weighted by atomic mass is 16.3. The van der Waals surface area contributed by atoms with Gasteiger partial charge in [-0.3, -0.25) is 0 Å². The predicted octanol–water partition coefficient (Wildman–Crippen LogP) is 7.33. The van der Waals surface area contributed by atoms with Gasteiger partial charge in [0, 0.05) is 0 Å². The fourth-order valence-electron chi connectivity index (χ4n) is 7.59. The van der Waals surface area contributed by atoms with Gasteiger partial charge >= 0.3 is 0 Å². The summed E-state index contributed by atoms with van der Waals surface area (Å²) in [5.41, 5.74) is 4.07. The lowest BCUT2D eigenvalue weighted by Gasteiger charge is -2.55. The van der Waals surface area contributed by atoms with E-state index < -0.39 is 0 Å². The smallest absolute Gasteiger partial charge is 0.0578 e. The minimum absolute atomic E-state index is 0.116. The van der Waals surface area contributed by atoms with Gasteiger partial charge < -0.3 is 5.11 Å². The molecule has 0 saturated heterocycles. The Morgan fingerprint density at radius 3 is 2.41 bits per heavy atom. The van der Waals surface area contributed by atoms with Crippen LogP contribution in [0.2, 0.25) is 0 Å². The molecule has 4 rings (SSSR count). The summed E-state index contributed by atoms with van der Waals surface area (Å²) in [6.45, 7) is 14.6. The largest absolute Gasteiger partial charge is 0.393 e. The number of hydrogen-bond acceptors (Lipinski definition) is 1. The van der Waals surface area contributed by atoms with Crippen LogP contribution in [0.5, 0.6) is 0 Å². The van der Waals surface area contributed by atoms with Crippen molar-refractivity contribution < 1.29 is 5.11 Å². The number of rotatable bonds is 4. The zero-order chi connectivity index (χ0) is 21.0. The van der Waals surface area contributed by atoms with Gasteiger partial charge in [-0.25, -0.2) is 0 Å². The molecule has 0 bridgehead atoms. The molecule has 1 nitrogen and oxygen atoms in total. The molecule has 4 aliphatic carbocycles. The molecule has 0 radical (unpaired) electrons. The molecule has 4 aliphatic rings. The molecule has 0 aliphatic heterocycles. The van der Waals surface area contributed by atoms with Crippen LogP contribution in [0.4, 0.5) is 0 Å². The van der Waals surface area contributed by atoms with Crippen LogP contribution in [0, 0.1) is 46.3 Å². The maximum atomic E-state index is 10.2. The Kier molecular flexibility index (Phi) is 5.69. The molecular weight excluding hydrogens is 352 g/mol. The van der Waals surface area contributed by atoms with E-state index in [1.54, 1.807) is 5.57 Å². The Bertz CT molecular complexity index is 712. The molecule has 6 unspecified atom stereocenters. The third kappa shape index (κ3) is 3.50.